The highest BCUT2D eigenvalue weighted by Crippen LogP contribution is 2.10. The average Bonchev–Trinajstić information content (AvgIpc) is 2.25. The summed E-state index contributed by atoms with van der Waals surface area (Å²) in [6.45, 7) is 7.59. The number of sulfonamides is 1. The first kappa shape index (κ1) is 17.2. The summed E-state index contributed by atoms with van der Waals surface area (Å²) < 4.78 is 25.8. The fraction of sp³-hybridized carbons (Fsp3) is 1.00. The molecule has 0 saturated carbocycles. The number of hydrogen-bond donors (Lipinski definition) is 0. The smallest absolute Gasteiger partial charge is 0.212 e. The second kappa shape index (κ2) is 9.17. The van der Waals surface area contributed by atoms with Crippen LogP contribution in [0.25, 0.3) is 0 Å². The van der Waals surface area contributed by atoms with E-state index in [0.717, 1.165) is 19.3 Å². The molecule has 0 amide bonds. The van der Waals surface area contributed by atoms with Crippen LogP contribution in [0.3, 0.4) is 0 Å². The number of unbranched alkanes of at least 4 members (excludes halogenated alkanes) is 1. The van der Waals surface area contributed by atoms with E-state index in [4.69, 9.17) is 11.6 Å². The van der Waals surface area contributed by atoms with Gasteiger partial charge in [0.15, 0.2) is 0 Å². The van der Waals surface area contributed by atoms with Crippen molar-refractivity contribution in [2.45, 2.75) is 46.5 Å². The Morgan fingerprint density at radius 1 is 1.18 bits per heavy atom. The van der Waals surface area contributed by atoms with Crippen molar-refractivity contribution in [1.82, 2.24) is 4.31 Å². The summed E-state index contributed by atoms with van der Waals surface area (Å²) in [5.74, 6) is 1.12. The molecule has 0 atom stereocenters. The molecule has 0 aliphatic carbocycles. The maximum atomic E-state index is 12.1. The minimum Gasteiger partial charge on any atom is -0.212 e. The van der Waals surface area contributed by atoms with Crippen molar-refractivity contribution in [2.75, 3.05) is 24.7 Å². The summed E-state index contributed by atoms with van der Waals surface area (Å²) in [5, 5.41) is 0. The number of halogens is 1. The molecular formula is C12H26ClNO2S. The lowest BCUT2D eigenvalue weighted by atomic mass is 10.1. The zero-order chi connectivity index (χ0) is 13.3. The predicted octanol–water partition coefficient (Wildman–Crippen LogP) is 3.09. The Morgan fingerprint density at radius 3 is 2.29 bits per heavy atom. The fourth-order valence-electron chi connectivity index (χ4n) is 1.49. The van der Waals surface area contributed by atoms with Gasteiger partial charge in [-0.2, -0.15) is 0 Å². The molecule has 0 aliphatic rings. The predicted molar refractivity (Wildman–Crippen MR) is 75.1 cm³/mol. The topological polar surface area (TPSA) is 37.4 Å². The molecule has 0 aromatic carbocycles. The van der Waals surface area contributed by atoms with E-state index >= 15 is 0 Å². The maximum absolute atomic E-state index is 12.1. The third-order valence-electron chi connectivity index (χ3n) is 2.65. The zero-order valence-corrected chi connectivity index (χ0v) is 12.9. The van der Waals surface area contributed by atoms with Crippen molar-refractivity contribution in [1.29, 1.82) is 0 Å². The van der Waals surface area contributed by atoms with Gasteiger partial charge in [0.25, 0.3) is 0 Å². The first-order valence-electron chi connectivity index (χ1n) is 6.47. The van der Waals surface area contributed by atoms with Crippen molar-refractivity contribution >= 4 is 21.6 Å². The molecule has 0 radical (unpaired) electrons. The normalized spacial score (nSPS) is 12.6. The maximum Gasteiger partial charge on any atom is 0.214 e. The second-order valence-corrected chi connectivity index (χ2v) is 7.26. The highest BCUT2D eigenvalue weighted by atomic mass is 35.5. The van der Waals surface area contributed by atoms with Gasteiger partial charge in [-0.25, -0.2) is 12.7 Å². The van der Waals surface area contributed by atoms with Gasteiger partial charge in [0.1, 0.15) is 0 Å². The summed E-state index contributed by atoms with van der Waals surface area (Å²) in [7, 11) is -3.10. The van der Waals surface area contributed by atoms with Crippen LogP contribution in [-0.4, -0.2) is 37.4 Å². The molecule has 104 valence electrons. The Labute approximate surface area is 112 Å². The first-order chi connectivity index (χ1) is 7.94. The molecule has 0 aromatic rings. The van der Waals surface area contributed by atoms with Crippen LogP contribution in [0.1, 0.15) is 46.5 Å². The van der Waals surface area contributed by atoms with Crippen LogP contribution in [0.15, 0.2) is 0 Å². The third kappa shape index (κ3) is 8.01. The lowest BCUT2D eigenvalue weighted by molar-refractivity contribution is 0.374. The lowest BCUT2D eigenvalue weighted by Crippen LogP contribution is -2.35. The standard InChI is InChI=1S/C12H26ClNO2S/c1-4-5-9-14(10-7-12(2)3)17(15,16)11-6-8-13/h12H,4-11H2,1-3H3. The molecule has 0 aromatic heterocycles. The van der Waals surface area contributed by atoms with E-state index in [1.54, 1.807) is 4.31 Å². The molecule has 3 nitrogen and oxygen atoms in total. The molecular weight excluding hydrogens is 258 g/mol. The highest BCUT2D eigenvalue weighted by molar-refractivity contribution is 7.89. The molecule has 0 spiro atoms. The number of hydrogen-bond acceptors (Lipinski definition) is 2. The molecule has 17 heavy (non-hydrogen) atoms. The largest absolute Gasteiger partial charge is 0.214 e. The van der Waals surface area contributed by atoms with E-state index < -0.39 is 10.0 Å². The quantitative estimate of drug-likeness (QED) is 0.578. The molecule has 0 unspecified atom stereocenters. The summed E-state index contributed by atoms with van der Waals surface area (Å²) in [5.41, 5.74) is 0. The lowest BCUT2D eigenvalue weighted by Gasteiger charge is -2.22. The Morgan fingerprint density at radius 2 is 1.82 bits per heavy atom. The Hall–Kier alpha value is 0.200. The van der Waals surface area contributed by atoms with E-state index in [2.05, 4.69) is 20.8 Å². The third-order valence-corrected chi connectivity index (χ3v) is 4.87. The van der Waals surface area contributed by atoms with E-state index in [-0.39, 0.29) is 5.75 Å². The SMILES string of the molecule is CCCCN(CCC(C)C)S(=O)(=O)CCCCl. The van der Waals surface area contributed by atoms with Gasteiger partial charge in [0.2, 0.25) is 10.0 Å². The van der Waals surface area contributed by atoms with Crippen LogP contribution in [-0.2, 0) is 10.0 Å². The summed E-state index contributed by atoms with van der Waals surface area (Å²) in [6, 6.07) is 0. The first-order valence-corrected chi connectivity index (χ1v) is 8.62. The van der Waals surface area contributed by atoms with Crippen molar-refractivity contribution in [3.05, 3.63) is 0 Å². The Bertz CT molecular complexity index is 278. The number of rotatable bonds is 10. The van der Waals surface area contributed by atoms with Crippen molar-refractivity contribution < 1.29 is 8.42 Å². The van der Waals surface area contributed by atoms with E-state index in [1.165, 1.54) is 0 Å². The Kier molecular flexibility index (Phi) is 9.28. The summed E-state index contributed by atoms with van der Waals surface area (Å²) in [4.78, 5) is 0. The van der Waals surface area contributed by atoms with Gasteiger partial charge in [-0.05, 0) is 25.2 Å². The van der Waals surface area contributed by atoms with Crippen LogP contribution in [0.2, 0.25) is 0 Å². The second-order valence-electron chi connectivity index (χ2n) is 4.79. The molecule has 0 bridgehead atoms. The van der Waals surface area contributed by atoms with Gasteiger partial charge in [-0.1, -0.05) is 27.2 Å². The van der Waals surface area contributed by atoms with Crippen LogP contribution < -0.4 is 0 Å². The highest BCUT2D eigenvalue weighted by Gasteiger charge is 2.20. The number of alkyl halides is 1. The van der Waals surface area contributed by atoms with Crippen LogP contribution >= 0.6 is 11.6 Å². The van der Waals surface area contributed by atoms with Gasteiger partial charge in [0, 0.05) is 19.0 Å². The van der Waals surface area contributed by atoms with E-state index in [0.29, 0.717) is 31.3 Å². The molecule has 0 rings (SSSR count). The fourth-order valence-corrected chi connectivity index (χ4v) is 3.34. The molecule has 0 saturated heterocycles. The molecule has 0 aliphatic heterocycles. The van der Waals surface area contributed by atoms with Crippen LogP contribution in [0.4, 0.5) is 0 Å². The average molecular weight is 284 g/mol. The van der Waals surface area contributed by atoms with Gasteiger partial charge in [-0.3, -0.25) is 0 Å². The minimum atomic E-state index is -3.10. The molecule has 5 heteroatoms. The summed E-state index contributed by atoms with van der Waals surface area (Å²) >= 11 is 5.56. The summed E-state index contributed by atoms with van der Waals surface area (Å²) in [6.07, 6.45) is 3.40. The molecule has 0 fully saturated rings. The van der Waals surface area contributed by atoms with Crippen molar-refractivity contribution in [3.63, 3.8) is 0 Å². The van der Waals surface area contributed by atoms with Gasteiger partial charge < -0.3 is 0 Å². The minimum absolute atomic E-state index is 0.179. The van der Waals surface area contributed by atoms with E-state index in [1.807, 2.05) is 0 Å². The number of nitrogens with zero attached hydrogens (tertiary/aromatic N) is 1. The van der Waals surface area contributed by atoms with Gasteiger partial charge in [0.05, 0.1) is 5.75 Å². The monoisotopic (exact) mass is 283 g/mol. The molecule has 0 heterocycles. The van der Waals surface area contributed by atoms with Crippen molar-refractivity contribution in [3.8, 4) is 0 Å². The van der Waals surface area contributed by atoms with Crippen LogP contribution in [0.5, 0.6) is 0 Å². The van der Waals surface area contributed by atoms with E-state index in [9.17, 15) is 8.42 Å². The van der Waals surface area contributed by atoms with Gasteiger partial charge in [-0.15, -0.1) is 11.6 Å². The zero-order valence-electron chi connectivity index (χ0n) is 11.3. The molecule has 0 N–H and O–H groups in total. The van der Waals surface area contributed by atoms with Gasteiger partial charge >= 0.3 is 0 Å². The van der Waals surface area contributed by atoms with Crippen molar-refractivity contribution in [2.24, 2.45) is 5.92 Å². The Balaban J connectivity index is 4.42. The van der Waals surface area contributed by atoms with Crippen LogP contribution in [0, 0.1) is 5.92 Å².